The molecule has 0 aromatic carbocycles. The molecule has 1 rings (SSSR count). The molecule has 0 fully saturated rings. The fraction of sp³-hybridized carbons (Fsp3) is 0.733. The van der Waals surface area contributed by atoms with Crippen molar-refractivity contribution < 1.29 is 4.74 Å². The first-order chi connectivity index (χ1) is 10.1. The predicted molar refractivity (Wildman–Crippen MR) is 86.3 cm³/mol. The molecule has 1 unspecified atom stereocenters. The third-order valence-electron chi connectivity index (χ3n) is 3.29. The first kappa shape index (κ1) is 17.5. The van der Waals surface area contributed by atoms with Crippen LogP contribution in [0.3, 0.4) is 0 Å². The van der Waals surface area contributed by atoms with Crippen molar-refractivity contribution >= 4 is 5.96 Å². The summed E-state index contributed by atoms with van der Waals surface area (Å²) >= 11 is 0. The summed E-state index contributed by atoms with van der Waals surface area (Å²) in [4.78, 5) is 4.22. The first-order valence-electron chi connectivity index (χ1n) is 7.60. The molecule has 0 aliphatic rings. The molecular formula is C15H29N5O. The second-order valence-corrected chi connectivity index (χ2v) is 5.40. The lowest BCUT2D eigenvalue weighted by Crippen LogP contribution is -2.38. The number of aromatic nitrogens is 2. The van der Waals surface area contributed by atoms with Crippen molar-refractivity contribution in [3.05, 3.63) is 18.0 Å². The van der Waals surface area contributed by atoms with Crippen LogP contribution in [0.1, 0.15) is 32.8 Å². The van der Waals surface area contributed by atoms with Gasteiger partial charge < -0.3 is 15.4 Å². The topological polar surface area (TPSA) is 63.5 Å². The van der Waals surface area contributed by atoms with E-state index in [9.17, 15) is 0 Å². The van der Waals surface area contributed by atoms with Crippen LogP contribution in [0.5, 0.6) is 0 Å². The Balaban J connectivity index is 2.31. The summed E-state index contributed by atoms with van der Waals surface area (Å²) in [7, 11) is 3.69. The summed E-state index contributed by atoms with van der Waals surface area (Å²) in [6.45, 7) is 8.74. The molecule has 0 radical (unpaired) electrons. The van der Waals surface area contributed by atoms with Crippen molar-refractivity contribution in [1.82, 2.24) is 20.4 Å². The number of aryl methyl sites for hydroxylation is 1. The molecule has 2 N–H and O–H groups in total. The maximum absolute atomic E-state index is 5.74. The Kier molecular flexibility index (Phi) is 7.82. The number of aliphatic imine (C=N–C) groups is 1. The van der Waals surface area contributed by atoms with Crippen LogP contribution in [0, 0.1) is 5.92 Å². The smallest absolute Gasteiger partial charge is 0.191 e. The van der Waals surface area contributed by atoms with Crippen LogP contribution < -0.4 is 10.6 Å². The van der Waals surface area contributed by atoms with Gasteiger partial charge in [0.05, 0.1) is 12.3 Å². The molecule has 21 heavy (non-hydrogen) atoms. The lowest BCUT2D eigenvalue weighted by atomic mass is 10.0. The number of hydrogen-bond acceptors (Lipinski definition) is 3. The molecule has 0 amide bonds. The molecule has 0 saturated heterocycles. The van der Waals surface area contributed by atoms with E-state index >= 15 is 0 Å². The van der Waals surface area contributed by atoms with E-state index in [0.29, 0.717) is 18.6 Å². The Morgan fingerprint density at radius 2 is 2.19 bits per heavy atom. The Morgan fingerprint density at radius 1 is 1.43 bits per heavy atom. The molecule has 0 aliphatic heterocycles. The van der Waals surface area contributed by atoms with Crippen molar-refractivity contribution in [2.45, 2.75) is 39.8 Å². The van der Waals surface area contributed by atoms with E-state index in [1.54, 1.807) is 11.7 Å². The van der Waals surface area contributed by atoms with E-state index in [2.05, 4.69) is 34.6 Å². The number of nitrogens with one attached hydrogen (secondary N) is 2. The largest absolute Gasteiger partial charge is 0.378 e. The van der Waals surface area contributed by atoms with Gasteiger partial charge in [0.2, 0.25) is 0 Å². The number of rotatable bonds is 8. The van der Waals surface area contributed by atoms with Crippen LogP contribution in [0.25, 0.3) is 0 Å². The molecule has 1 aromatic rings. The van der Waals surface area contributed by atoms with Crippen LogP contribution >= 0.6 is 0 Å². The van der Waals surface area contributed by atoms with Crippen LogP contribution in [0.4, 0.5) is 0 Å². The Bertz CT molecular complexity index is 427. The summed E-state index contributed by atoms with van der Waals surface area (Å²) in [6, 6.07) is 0. The molecule has 0 saturated carbocycles. The van der Waals surface area contributed by atoms with Gasteiger partial charge in [-0.1, -0.05) is 13.8 Å². The highest BCUT2D eigenvalue weighted by Gasteiger charge is 2.12. The molecular weight excluding hydrogens is 266 g/mol. The SMILES string of the molecule is CCOC(CCNC(=NC)NCc1cnn(C)c1)C(C)C. The number of ether oxygens (including phenoxy) is 1. The van der Waals surface area contributed by atoms with Gasteiger partial charge in [0.1, 0.15) is 0 Å². The van der Waals surface area contributed by atoms with Gasteiger partial charge in [-0.3, -0.25) is 9.67 Å². The quantitative estimate of drug-likeness (QED) is 0.564. The average molecular weight is 295 g/mol. The zero-order valence-corrected chi connectivity index (χ0v) is 13.9. The average Bonchev–Trinajstić information content (AvgIpc) is 2.86. The molecule has 1 aromatic heterocycles. The van der Waals surface area contributed by atoms with Crippen molar-refractivity contribution in [3.63, 3.8) is 0 Å². The summed E-state index contributed by atoms with van der Waals surface area (Å²) in [5.74, 6) is 1.33. The van der Waals surface area contributed by atoms with Crippen molar-refractivity contribution in [2.75, 3.05) is 20.2 Å². The summed E-state index contributed by atoms with van der Waals surface area (Å²) in [5.41, 5.74) is 1.13. The fourth-order valence-corrected chi connectivity index (χ4v) is 2.13. The van der Waals surface area contributed by atoms with Crippen LogP contribution in [0.15, 0.2) is 17.4 Å². The van der Waals surface area contributed by atoms with Crippen molar-refractivity contribution in [3.8, 4) is 0 Å². The van der Waals surface area contributed by atoms with Gasteiger partial charge >= 0.3 is 0 Å². The maximum Gasteiger partial charge on any atom is 0.191 e. The summed E-state index contributed by atoms with van der Waals surface area (Å²) < 4.78 is 7.53. The molecule has 0 aliphatic carbocycles. The minimum Gasteiger partial charge on any atom is -0.378 e. The molecule has 1 heterocycles. The van der Waals surface area contributed by atoms with Gasteiger partial charge in [0, 0.05) is 45.6 Å². The van der Waals surface area contributed by atoms with Crippen LogP contribution in [0.2, 0.25) is 0 Å². The standard InChI is InChI=1S/C15H29N5O/c1-6-21-14(12(2)3)7-8-17-15(16-4)18-9-13-10-19-20(5)11-13/h10-12,14H,6-9H2,1-5H3,(H2,16,17,18). The molecule has 6 nitrogen and oxygen atoms in total. The van der Waals surface area contributed by atoms with Crippen molar-refractivity contribution in [1.29, 1.82) is 0 Å². The highest BCUT2D eigenvalue weighted by molar-refractivity contribution is 5.79. The van der Waals surface area contributed by atoms with Gasteiger partial charge in [-0.05, 0) is 19.3 Å². The molecule has 0 spiro atoms. The normalized spacial score (nSPS) is 13.5. The van der Waals surface area contributed by atoms with E-state index in [1.165, 1.54) is 0 Å². The summed E-state index contributed by atoms with van der Waals surface area (Å²) in [6.07, 6.45) is 5.10. The molecule has 1 atom stereocenters. The van der Waals surface area contributed by atoms with Gasteiger partial charge in [0.25, 0.3) is 0 Å². The second-order valence-electron chi connectivity index (χ2n) is 5.40. The maximum atomic E-state index is 5.74. The van der Waals surface area contributed by atoms with E-state index < -0.39 is 0 Å². The van der Waals surface area contributed by atoms with Gasteiger partial charge in [-0.15, -0.1) is 0 Å². The number of nitrogens with zero attached hydrogens (tertiary/aromatic N) is 3. The molecule has 120 valence electrons. The zero-order chi connectivity index (χ0) is 15.7. The van der Waals surface area contributed by atoms with Crippen LogP contribution in [-0.2, 0) is 18.3 Å². The third kappa shape index (κ3) is 6.62. The zero-order valence-electron chi connectivity index (χ0n) is 13.9. The third-order valence-corrected chi connectivity index (χ3v) is 3.29. The van der Waals surface area contributed by atoms with E-state index in [0.717, 1.165) is 31.1 Å². The first-order valence-corrected chi connectivity index (χ1v) is 7.60. The number of guanidine groups is 1. The minimum atomic E-state index is 0.291. The predicted octanol–water partition coefficient (Wildman–Crippen LogP) is 1.54. The highest BCUT2D eigenvalue weighted by Crippen LogP contribution is 2.09. The lowest BCUT2D eigenvalue weighted by molar-refractivity contribution is 0.0258. The molecule has 6 heteroatoms. The lowest BCUT2D eigenvalue weighted by Gasteiger charge is -2.21. The van der Waals surface area contributed by atoms with Gasteiger partial charge in [-0.2, -0.15) is 5.10 Å². The second kappa shape index (κ2) is 9.39. The van der Waals surface area contributed by atoms with Gasteiger partial charge in [-0.25, -0.2) is 0 Å². The van der Waals surface area contributed by atoms with E-state index in [4.69, 9.17) is 4.74 Å². The van der Waals surface area contributed by atoms with E-state index in [-0.39, 0.29) is 0 Å². The van der Waals surface area contributed by atoms with Crippen molar-refractivity contribution in [2.24, 2.45) is 18.0 Å². The van der Waals surface area contributed by atoms with Crippen LogP contribution in [-0.4, -0.2) is 42.0 Å². The summed E-state index contributed by atoms with van der Waals surface area (Å²) in [5, 5.41) is 10.7. The fourth-order valence-electron chi connectivity index (χ4n) is 2.13. The Labute approximate surface area is 128 Å². The van der Waals surface area contributed by atoms with Gasteiger partial charge in [0.15, 0.2) is 5.96 Å². The number of hydrogen-bond donors (Lipinski definition) is 2. The Morgan fingerprint density at radius 3 is 2.71 bits per heavy atom. The Hall–Kier alpha value is -1.56. The minimum absolute atomic E-state index is 0.291. The van der Waals surface area contributed by atoms with E-state index in [1.807, 2.05) is 26.4 Å². The monoisotopic (exact) mass is 295 g/mol. The highest BCUT2D eigenvalue weighted by atomic mass is 16.5. The molecule has 0 bridgehead atoms.